The van der Waals surface area contributed by atoms with Gasteiger partial charge in [0.05, 0.1) is 6.61 Å². The standard InChI is InChI=1S/C9H16N4O2/c1-3-13(4-5-15-2)9(14)7-6-8(10)12-11-7/h6H,3-5H2,1-2H3,(H3,10,11,12). The van der Waals surface area contributed by atoms with Crippen LogP contribution in [0.4, 0.5) is 5.82 Å². The molecule has 1 heterocycles. The van der Waals surface area contributed by atoms with Crippen molar-refractivity contribution in [2.45, 2.75) is 6.92 Å². The maximum Gasteiger partial charge on any atom is 0.272 e. The van der Waals surface area contributed by atoms with E-state index in [1.165, 1.54) is 6.07 Å². The lowest BCUT2D eigenvalue weighted by atomic mass is 10.3. The molecule has 0 spiro atoms. The van der Waals surface area contributed by atoms with E-state index in [2.05, 4.69) is 10.2 Å². The molecule has 0 radical (unpaired) electrons. The molecule has 0 atom stereocenters. The van der Waals surface area contributed by atoms with Crippen molar-refractivity contribution in [2.24, 2.45) is 0 Å². The molecule has 84 valence electrons. The van der Waals surface area contributed by atoms with E-state index in [1.54, 1.807) is 12.0 Å². The Morgan fingerprint density at radius 2 is 2.47 bits per heavy atom. The summed E-state index contributed by atoms with van der Waals surface area (Å²) in [7, 11) is 1.60. The van der Waals surface area contributed by atoms with E-state index in [1.807, 2.05) is 6.92 Å². The lowest BCUT2D eigenvalue weighted by molar-refractivity contribution is 0.0700. The number of rotatable bonds is 5. The van der Waals surface area contributed by atoms with Gasteiger partial charge in [-0.25, -0.2) is 0 Å². The van der Waals surface area contributed by atoms with Gasteiger partial charge in [-0.2, -0.15) is 5.10 Å². The second kappa shape index (κ2) is 5.35. The fourth-order valence-corrected chi connectivity index (χ4v) is 1.22. The minimum absolute atomic E-state index is 0.112. The van der Waals surface area contributed by atoms with Crippen molar-refractivity contribution < 1.29 is 9.53 Å². The molecule has 0 saturated carbocycles. The van der Waals surface area contributed by atoms with E-state index in [4.69, 9.17) is 10.5 Å². The van der Waals surface area contributed by atoms with Crippen LogP contribution in [-0.4, -0.2) is 47.8 Å². The molecular weight excluding hydrogens is 196 g/mol. The fraction of sp³-hybridized carbons (Fsp3) is 0.556. The summed E-state index contributed by atoms with van der Waals surface area (Å²) in [4.78, 5) is 13.5. The van der Waals surface area contributed by atoms with E-state index < -0.39 is 0 Å². The van der Waals surface area contributed by atoms with E-state index in [-0.39, 0.29) is 5.91 Å². The lowest BCUT2D eigenvalue weighted by Gasteiger charge is -2.19. The smallest absolute Gasteiger partial charge is 0.272 e. The third-order valence-electron chi connectivity index (χ3n) is 2.06. The van der Waals surface area contributed by atoms with Crippen LogP contribution in [0.3, 0.4) is 0 Å². The number of hydrogen-bond donors (Lipinski definition) is 2. The zero-order chi connectivity index (χ0) is 11.3. The summed E-state index contributed by atoms with van der Waals surface area (Å²) >= 11 is 0. The number of amides is 1. The molecule has 6 heteroatoms. The van der Waals surface area contributed by atoms with Gasteiger partial charge in [0.2, 0.25) is 0 Å². The molecule has 0 fully saturated rings. The predicted molar refractivity (Wildman–Crippen MR) is 56.5 cm³/mol. The van der Waals surface area contributed by atoms with Gasteiger partial charge in [0.25, 0.3) is 5.91 Å². The Hall–Kier alpha value is -1.56. The van der Waals surface area contributed by atoms with Crippen LogP contribution in [0.25, 0.3) is 0 Å². The summed E-state index contributed by atoms with van der Waals surface area (Å²) in [6, 6.07) is 1.53. The number of H-pyrrole nitrogens is 1. The van der Waals surface area contributed by atoms with Gasteiger partial charge >= 0.3 is 0 Å². The molecule has 0 aliphatic carbocycles. The first kappa shape index (κ1) is 11.5. The largest absolute Gasteiger partial charge is 0.383 e. The van der Waals surface area contributed by atoms with Crippen LogP contribution in [0, 0.1) is 0 Å². The van der Waals surface area contributed by atoms with Gasteiger partial charge in [-0.1, -0.05) is 0 Å². The van der Waals surface area contributed by atoms with E-state index >= 15 is 0 Å². The number of nitrogens with zero attached hydrogens (tertiary/aromatic N) is 2. The molecule has 1 amide bonds. The number of aromatic nitrogens is 2. The van der Waals surface area contributed by atoms with Crippen LogP contribution in [-0.2, 0) is 4.74 Å². The molecule has 1 aromatic heterocycles. The summed E-state index contributed by atoms with van der Waals surface area (Å²) in [5.74, 6) is 0.208. The molecule has 0 aliphatic heterocycles. The van der Waals surface area contributed by atoms with Crippen molar-refractivity contribution >= 4 is 11.7 Å². The summed E-state index contributed by atoms with van der Waals surface area (Å²) in [6.45, 7) is 3.61. The molecule has 0 unspecified atom stereocenters. The Morgan fingerprint density at radius 1 is 1.73 bits per heavy atom. The monoisotopic (exact) mass is 212 g/mol. The van der Waals surface area contributed by atoms with Crippen LogP contribution in [0.5, 0.6) is 0 Å². The van der Waals surface area contributed by atoms with Crippen LogP contribution < -0.4 is 5.73 Å². The number of nitrogens with two attached hydrogens (primary N) is 1. The second-order valence-electron chi connectivity index (χ2n) is 3.08. The van der Waals surface area contributed by atoms with Crippen molar-refractivity contribution in [3.8, 4) is 0 Å². The topological polar surface area (TPSA) is 84.2 Å². The number of nitrogens with one attached hydrogen (secondary N) is 1. The zero-order valence-corrected chi connectivity index (χ0v) is 8.99. The molecule has 15 heavy (non-hydrogen) atoms. The van der Waals surface area contributed by atoms with Gasteiger partial charge < -0.3 is 15.4 Å². The Bertz CT molecular complexity index is 324. The molecule has 1 aromatic rings. The van der Waals surface area contributed by atoms with Gasteiger partial charge in [-0.15, -0.1) is 0 Å². The highest BCUT2D eigenvalue weighted by Crippen LogP contribution is 2.04. The maximum atomic E-state index is 11.8. The van der Waals surface area contributed by atoms with Crippen LogP contribution in [0.2, 0.25) is 0 Å². The highest BCUT2D eigenvalue weighted by molar-refractivity contribution is 5.92. The predicted octanol–water partition coefficient (Wildman–Crippen LogP) is 0.100. The third-order valence-corrected chi connectivity index (χ3v) is 2.06. The van der Waals surface area contributed by atoms with Gasteiger partial charge in [0, 0.05) is 26.3 Å². The Morgan fingerprint density at radius 3 is 2.93 bits per heavy atom. The summed E-state index contributed by atoms with van der Waals surface area (Å²) in [5.41, 5.74) is 5.83. The van der Waals surface area contributed by atoms with Gasteiger partial charge in [0.15, 0.2) is 0 Å². The van der Waals surface area contributed by atoms with E-state index in [0.29, 0.717) is 31.2 Å². The van der Waals surface area contributed by atoms with Crippen molar-refractivity contribution in [2.75, 3.05) is 32.5 Å². The Kier molecular flexibility index (Phi) is 4.11. The van der Waals surface area contributed by atoms with Gasteiger partial charge in [-0.3, -0.25) is 9.89 Å². The first-order chi connectivity index (χ1) is 7.19. The average Bonchev–Trinajstić information content (AvgIpc) is 2.65. The molecule has 3 N–H and O–H groups in total. The van der Waals surface area contributed by atoms with Crippen LogP contribution in [0.15, 0.2) is 6.07 Å². The molecule has 0 aliphatic rings. The number of hydrogen-bond acceptors (Lipinski definition) is 4. The number of ether oxygens (including phenoxy) is 1. The number of carbonyl (C=O) groups excluding carboxylic acids is 1. The van der Waals surface area contributed by atoms with Crippen molar-refractivity contribution in [3.63, 3.8) is 0 Å². The molecule has 1 rings (SSSR count). The summed E-state index contributed by atoms with van der Waals surface area (Å²) in [5, 5.41) is 6.30. The van der Waals surface area contributed by atoms with Crippen molar-refractivity contribution in [1.29, 1.82) is 0 Å². The fourth-order valence-electron chi connectivity index (χ4n) is 1.22. The van der Waals surface area contributed by atoms with Crippen molar-refractivity contribution in [3.05, 3.63) is 11.8 Å². The summed E-state index contributed by atoms with van der Waals surface area (Å²) < 4.78 is 4.92. The average molecular weight is 212 g/mol. The molecular formula is C9H16N4O2. The lowest BCUT2D eigenvalue weighted by Crippen LogP contribution is -2.33. The number of carbonyl (C=O) groups is 1. The van der Waals surface area contributed by atoms with Crippen LogP contribution >= 0.6 is 0 Å². The molecule has 0 bridgehead atoms. The first-order valence-electron chi connectivity index (χ1n) is 4.78. The van der Waals surface area contributed by atoms with E-state index in [9.17, 15) is 4.79 Å². The normalized spacial score (nSPS) is 10.3. The first-order valence-corrected chi connectivity index (χ1v) is 4.78. The highest BCUT2D eigenvalue weighted by Gasteiger charge is 2.15. The minimum atomic E-state index is -0.112. The Labute approximate surface area is 88.4 Å². The maximum absolute atomic E-state index is 11.8. The number of nitrogen functional groups attached to an aromatic ring is 1. The highest BCUT2D eigenvalue weighted by atomic mass is 16.5. The Balaban J connectivity index is 2.64. The molecule has 0 saturated heterocycles. The minimum Gasteiger partial charge on any atom is -0.383 e. The number of aromatic amines is 1. The van der Waals surface area contributed by atoms with E-state index in [0.717, 1.165) is 0 Å². The second-order valence-corrected chi connectivity index (χ2v) is 3.08. The zero-order valence-electron chi connectivity index (χ0n) is 8.99. The van der Waals surface area contributed by atoms with Gasteiger partial charge in [-0.05, 0) is 6.92 Å². The SMILES string of the molecule is CCN(CCOC)C(=O)c1cc(N)n[nH]1. The number of methoxy groups -OCH3 is 1. The van der Waals surface area contributed by atoms with Crippen LogP contribution in [0.1, 0.15) is 17.4 Å². The molecule has 0 aromatic carbocycles. The quantitative estimate of drug-likeness (QED) is 0.725. The van der Waals surface area contributed by atoms with Gasteiger partial charge in [0.1, 0.15) is 11.5 Å². The molecule has 6 nitrogen and oxygen atoms in total. The van der Waals surface area contributed by atoms with Crippen molar-refractivity contribution in [1.82, 2.24) is 15.1 Å². The number of likely N-dealkylation sites (N-methyl/N-ethyl adjacent to an activating group) is 1. The number of anilines is 1. The summed E-state index contributed by atoms with van der Waals surface area (Å²) in [6.07, 6.45) is 0. The third kappa shape index (κ3) is 2.95.